The lowest BCUT2D eigenvalue weighted by Crippen LogP contribution is -2.21. The van der Waals surface area contributed by atoms with E-state index in [1.54, 1.807) is 12.1 Å². The maximum absolute atomic E-state index is 12.2. The second-order valence-electron chi connectivity index (χ2n) is 4.97. The fourth-order valence-electron chi connectivity index (χ4n) is 2.31. The second kappa shape index (κ2) is 6.91. The van der Waals surface area contributed by atoms with Gasteiger partial charge in [-0.1, -0.05) is 0 Å². The molecule has 2 rings (SSSR count). The van der Waals surface area contributed by atoms with Crippen LogP contribution in [0.25, 0.3) is 0 Å². The first-order chi connectivity index (χ1) is 11.0. The molecule has 1 N–H and O–H groups in total. The smallest absolute Gasteiger partial charge is 0.320 e. The Balaban J connectivity index is 2.16. The molecule has 0 radical (unpaired) electrons. The summed E-state index contributed by atoms with van der Waals surface area (Å²) in [6.45, 7) is 5.92. The van der Waals surface area contributed by atoms with E-state index in [-0.39, 0.29) is 11.4 Å². The maximum Gasteiger partial charge on any atom is 0.320 e. The van der Waals surface area contributed by atoms with Crippen LogP contribution >= 0.6 is 0 Å². The van der Waals surface area contributed by atoms with E-state index < -0.39 is 10.8 Å². The van der Waals surface area contributed by atoms with Crippen molar-refractivity contribution in [2.75, 3.05) is 23.3 Å². The second-order valence-corrected chi connectivity index (χ2v) is 4.97. The normalized spacial score (nSPS) is 10.4. The first-order valence-corrected chi connectivity index (χ1v) is 7.30. The van der Waals surface area contributed by atoms with Gasteiger partial charge in [0.15, 0.2) is 0 Å². The van der Waals surface area contributed by atoms with E-state index in [0.29, 0.717) is 5.69 Å². The molecule has 0 unspecified atom stereocenters. The summed E-state index contributed by atoms with van der Waals surface area (Å²) in [4.78, 5) is 24.7. The van der Waals surface area contributed by atoms with Gasteiger partial charge in [0.25, 0.3) is 5.91 Å². The quantitative estimate of drug-likeness (QED) is 0.652. The minimum Gasteiger partial charge on any atom is -0.372 e. The molecule has 1 aromatic carbocycles. The Labute approximate surface area is 133 Å². The third-order valence-corrected chi connectivity index (χ3v) is 3.48. The van der Waals surface area contributed by atoms with E-state index in [1.807, 2.05) is 12.1 Å². The van der Waals surface area contributed by atoms with Crippen molar-refractivity contribution < 1.29 is 9.72 Å². The van der Waals surface area contributed by atoms with E-state index in [2.05, 4.69) is 29.2 Å². The molecule has 122 valence electrons. The predicted octanol–water partition coefficient (Wildman–Crippen LogP) is 2.43. The molecule has 0 atom stereocenters. The third-order valence-electron chi connectivity index (χ3n) is 3.48. The molecule has 0 saturated heterocycles. The van der Waals surface area contributed by atoms with Crippen LogP contribution in [0, 0.1) is 10.1 Å². The summed E-state index contributed by atoms with van der Waals surface area (Å²) in [6, 6.07) is 7.32. The summed E-state index contributed by atoms with van der Waals surface area (Å²) in [6.07, 6.45) is 1.21. The molecule has 0 aliphatic heterocycles. The average molecular weight is 317 g/mol. The minimum absolute atomic E-state index is 0.203. The number of nitrogens with zero attached hydrogens (tertiary/aromatic N) is 4. The number of amides is 1. The molecule has 1 amide bonds. The lowest BCUT2D eigenvalue weighted by molar-refractivity contribution is -0.385. The Morgan fingerprint density at radius 3 is 2.43 bits per heavy atom. The lowest BCUT2D eigenvalue weighted by Gasteiger charge is -2.21. The molecular weight excluding hydrogens is 298 g/mol. The van der Waals surface area contributed by atoms with Crippen LogP contribution in [0.1, 0.15) is 24.3 Å². The van der Waals surface area contributed by atoms with Gasteiger partial charge in [-0.2, -0.15) is 5.10 Å². The molecule has 0 aliphatic carbocycles. The van der Waals surface area contributed by atoms with Crippen LogP contribution in [0.3, 0.4) is 0 Å². The molecule has 1 aromatic heterocycles. The molecular formula is C15H19N5O3. The fraction of sp³-hybridized carbons (Fsp3) is 0.333. The highest BCUT2D eigenvalue weighted by atomic mass is 16.6. The molecule has 2 aromatic rings. The average Bonchev–Trinajstić information content (AvgIpc) is 2.92. The molecule has 23 heavy (non-hydrogen) atoms. The Morgan fingerprint density at radius 2 is 1.91 bits per heavy atom. The highest BCUT2D eigenvalue weighted by Crippen LogP contribution is 2.20. The number of carbonyl (C=O) groups excluding carboxylic acids is 1. The number of rotatable bonds is 6. The number of carbonyl (C=O) groups is 1. The third kappa shape index (κ3) is 3.65. The van der Waals surface area contributed by atoms with E-state index in [1.165, 1.54) is 17.9 Å². The number of aromatic nitrogens is 2. The van der Waals surface area contributed by atoms with E-state index in [9.17, 15) is 14.9 Å². The maximum atomic E-state index is 12.2. The minimum atomic E-state index is -0.620. The van der Waals surface area contributed by atoms with Crippen LogP contribution in [0.2, 0.25) is 0 Å². The Kier molecular flexibility index (Phi) is 4.95. The summed E-state index contributed by atoms with van der Waals surface area (Å²) >= 11 is 0. The van der Waals surface area contributed by atoms with Gasteiger partial charge < -0.3 is 10.2 Å². The summed E-state index contributed by atoms with van der Waals surface area (Å²) in [7, 11) is 1.53. The van der Waals surface area contributed by atoms with E-state index >= 15 is 0 Å². The van der Waals surface area contributed by atoms with Gasteiger partial charge in [-0.3, -0.25) is 19.6 Å². The van der Waals surface area contributed by atoms with Crippen LogP contribution in [-0.4, -0.2) is 33.7 Å². The summed E-state index contributed by atoms with van der Waals surface area (Å²) in [5, 5.41) is 17.4. The Bertz CT molecular complexity index is 704. The van der Waals surface area contributed by atoms with Gasteiger partial charge in [0.1, 0.15) is 6.20 Å². The molecule has 0 fully saturated rings. The highest BCUT2D eigenvalue weighted by molar-refractivity contribution is 6.05. The largest absolute Gasteiger partial charge is 0.372 e. The topological polar surface area (TPSA) is 93.3 Å². The number of nitro groups is 1. The Morgan fingerprint density at radius 1 is 1.30 bits per heavy atom. The van der Waals surface area contributed by atoms with Gasteiger partial charge in [0.2, 0.25) is 5.69 Å². The summed E-state index contributed by atoms with van der Waals surface area (Å²) in [5.74, 6) is -0.604. The standard InChI is InChI=1S/C15H19N5O3/c1-4-19(5-2)12-8-6-11(7-9-12)16-15(21)14-13(20(22)23)10-18(3)17-14/h6-10H,4-5H2,1-3H3,(H,16,21). The molecule has 0 bridgehead atoms. The zero-order chi connectivity index (χ0) is 17.0. The predicted molar refractivity (Wildman–Crippen MR) is 87.8 cm³/mol. The van der Waals surface area contributed by atoms with Crippen LogP contribution in [0.15, 0.2) is 30.5 Å². The summed E-state index contributed by atoms with van der Waals surface area (Å²) < 4.78 is 1.25. The zero-order valence-electron chi connectivity index (χ0n) is 13.3. The number of benzene rings is 1. The monoisotopic (exact) mass is 317 g/mol. The zero-order valence-corrected chi connectivity index (χ0v) is 13.3. The Hall–Kier alpha value is -2.90. The van der Waals surface area contributed by atoms with Crippen molar-refractivity contribution in [3.63, 3.8) is 0 Å². The van der Waals surface area contributed by atoms with Crippen LogP contribution < -0.4 is 10.2 Å². The first-order valence-electron chi connectivity index (χ1n) is 7.30. The number of aryl methyl sites for hydroxylation is 1. The van der Waals surface area contributed by atoms with E-state index in [0.717, 1.165) is 18.8 Å². The number of hydrogen-bond donors (Lipinski definition) is 1. The SMILES string of the molecule is CCN(CC)c1ccc(NC(=O)c2nn(C)cc2[N+](=O)[O-])cc1. The van der Waals surface area contributed by atoms with Gasteiger partial charge in [-0.15, -0.1) is 0 Å². The molecule has 1 heterocycles. The van der Waals surface area contributed by atoms with Crippen molar-refractivity contribution in [1.82, 2.24) is 9.78 Å². The van der Waals surface area contributed by atoms with Crippen LogP contribution in [-0.2, 0) is 7.05 Å². The number of anilines is 2. The van der Waals surface area contributed by atoms with Gasteiger partial charge in [0, 0.05) is 31.5 Å². The molecule has 8 heteroatoms. The van der Waals surface area contributed by atoms with Crippen molar-refractivity contribution in [3.8, 4) is 0 Å². The van der Waals surface area contributed by atoms with Gasteiger partial charge >= 0.3 is 5.69 Å². The van der Waals surface area contributed by atoms with E-state index in [4.69, 9.17) is 0 Å². The van der Waals surface area contributed by atoms with Crippen molar-refractivity contribution >= 4 is 23.0 Å². The van der Waals surface area contributed by atoms with Gasteiger partial charge in [-0.25, -0.2) is 0 Å². The molecule has 0 spiro atoms. The van der Waals surface area contributed by atoms with Gasteiger partial charge in [-0.05, 0) is 38.1 Å². The molecule has 0 saturated carbocycles. The van der Waals surface area contributed by atoms with Crippen LogP contribution in [0.5, 0.6) is 0 Å². The van der Waals surface area contributed by atoms with Crippen molar-refractivity contribution in [2.45, 2.75) is 13.8 Å². The molecule has 0 aliphatic rings. The number of nitrogens with one attached hydrogen (secondary N) is 1. The van der Waals surface area contributed by atoms with Gasteiger partial charge in [0.05, 0.1) is 4.92 Å². The molecule has 8 nitrogen and oxygen atoms in total. The first kappa shape index (κ1) is 16.5. The lowest BCUT2D eigenvalue weighted by atomic mass is 10.2. The fourth-order valence-corrected chi connectivity index (χ4v) is 2.31. The number of hydrogen-bond acceptors (Lipinski definition) is 5. The van der Waals surface area contributed by atoms with Crippen LogP contribution in [0.4, 0.5) is 17.1 Å². The van der Waals surface area contributed by atoms with Crippen molar-refractivity contribution in [3.05, 3.63) is 46.3 Å². The van der Waals surface area contributed by atoms with Crippen molar-refractivity contribution in [1.29, 1.82) is 0 Å². The summed E-state index contributed by atoms with van der Waals surface area (Å²) in [5.41, 5.74) is 1.10. The highest BCUT2D eigenvalue weighted by Gasteiger charge is 2.24. The van der Waals surface area contributed by atoms with Crippen molar-refractivity contribution in [2.24, 2.45) is 7.05 Å².